The zero-order valence-corrected chi connectivity index (χ0v) is 21.3. The number of carbonyl (C=O) groups is 1. The fraction of sp³-hybridized carbons (Fsp3) is 0.154. The largest absolute Gasteiger partial charge is 0.493 e. The van der Waals surface area contributed by atoms with Gasteiger partial charge in [-0.3, -0.25) is 4.79 Å². The molecule has 0 aromatic heterocycles. The maximum absolute atomic E-state index is 12.7. The normalized spacial score (nSPS) is 11.0. The molecule has 0 heterocycles. The number of nitriles is 1. The Balaban J connectivity index is 1.83. The molecule has 0 saturated heterocycles. The Morgan fingerprint density at radius 3 is 2.58 bits per heavy atom. The number of ether oxygens (including phenoxy) is 2. The molecule has 3 aromatic rings. The second kappa shape index (κ2) is 11.2. The SMILES string of the molecule is COc1cc(/C=C(\C#N)C(=O)Nc2cccc(C)c2C)cc(Cl)c1OCc1ccc(I)cc1. The number of hydrogen-bond acceptors (Lipinski definition) is 4. The first-order valence-electron chi connectivity index (χ1n) is 10.1. The Hall–Kier alpha value is -3.02. The van der Waals surface area contributed by atoms with Crippen molar-refractivity contribution in [3.63, 3.8) is 0 Å². The molecule has 3 aromatic carbocycles. The lowest BCUT2D eigenvalue weighted by molar-refractivity contribution is -0.112. The Kier molecular flexibility index (Phi) is 8.37. The van der Waals surface area contributed by atoms with E-state index in [1.807, 2.05) is 56.3 Å². The van der Waals surface area contributed by atoms with E-state index >= 15 is 0 Å². The number of rotatable bonds is 7. The first kappa shape index (κ1) is 24.6. The van der Waals surface area contributed by atoms with Crippen molar-refractivity contribution < 1.29 is 14.3 Å². The van der Waals surface area contributed by atoms with Crippen LogP contribution in [-0.2, 0) is 11.4 Å². The van der Waals surface area contributed by atoms with Crippen molar-refractivity contribution in [1.29, 1.82) is 5.26 Å². The highest BCUT2D eigenvalue weighted by atomic mass is 127. The third kappa shape index (κ3) is 6.28. The number of nitrogens with zero attached hydrogens (tertiary/aromatic N) is 1. The van der Waals surface area contributed by atoms with Crippen LogP contribution in [0.3, 0.4) is 0 Å². The number of amides is 1. The molecule has 0 radical (unpaired) electrons. The first-order valence-corrected chi connectivity index (χ1v) is 11.5. The summed E-state index contributed by atoms with van der Waals surface area (Å²) in [5.74, 6) is 0.306. The number of benzene rings is 3. The van der Waals surface area contributed by atoms with Crippen LogP contribution in [0.1, 0.15) is 22.3 Å². The van der Waals surface area contributed by atoms with E-state index in [1.54, 1.807) is 18.2 Å². The highest BCUT2D eigenvalue weighted by Gasteiger charge is 2.15. The summed E-state index contributed by atoms with van der Waals surface area (Å²) in [7, 11) is 1.51. The van der Waals surface area contributed by atoms with Crippen LogP contribution < -0.4 is 14.8 Å². The molecule has 1 N–H and O–H groups in total. The third-order valence-corrected chi connectivity index (χ3v) is 6.08. The predicted molar refractivity (Wildman–Crippen MR) is 140 cm³/mol. The highest BCUT2D eigenvalue weighted by Crippen LogP contribution is 2.37. The molecule has 0 fully saturated rings. The fourth-order valence-corrected chi connectivity index (χ4v) is 3.72. The standard InChI is InChI=1S/C26H22ClIN2O3/c1-16-5-4-6-23(17(16)2)30-26(31)20(14-29)11-19-12-22(27)25(24(13-19)32-3)33-15-18-7-9-21(28)10-8-18/h4-13H,15H2,1-3H3,(H,30,31)/b20-11+. The predicted octanol–water partition coefficient (Wildman–Crippen LogP) is 6.69. The van der Waals surface area contributed by atoms with Gasteiger partial charge in [0.1, 0.15) is 18.2 Å². The van der Waals surface area contributed by atoms with Crippen molar-refractivity contribution >= 4 is 51.9 Å². The molecule has 33 heavy (non-hydrogen) atoms. The minimum absolute atomic E-state index is 0.0541. The molecule has 0 bridgehead atoms. The number of halogens is 2. The van der Waals surface area contributed by atoms with Crippen LogP contribution in [0, 0.1) is 28.7 Å². The average molecular weight is 573 g/mol. The van der Waals surface area contributed by atoms with Crippen LogP contribution in [-0.4, -0.2) is 13.0 Å². The summed E-state index contributed by atoms with van der Waals surface area (Å²) in [5.41, 5.74) is 4.14. The lowest BCUT2D eigenvalue weighted by atomic mass is 10.1. The van der Waals surface area contributed by atoms with E-state index in [9.17, 15) is 10.1 Å². The molecule has 0 aliphatic rings. The van der Waals surface area contributed by atoms with Gasteiger partial charge in [-0.1, -0.05) is 35.9 Å². The topological polar surface area (TPSA) is 71.3 Å². The molecule has 5 nitrogen and oxygen atoms in total. The van der Waals surface area contributed by atoms with Gasteiger partial charge >= 0.3 is 0 Å². The number of carbonyl (C=O) groups excluding carboxylic acids is 1. The Morgan fingerprint density at radius 1 is 1.18 bits per heavy atom. The number of aryl methyl sites for hydroxylation is 1. The van der Waals surface area contributed by atoms with Gasteiger partial charge in [0.2, 0.25) is 0 Å². The van der Waals surface area contributed by atoms with Crippen molar-refractivity contribution in [1.82, 2.24) is 0 Å². The summed E-state index contributed by atoms with van der Waals surface area (Å²) in [4.78, 5) is 12.7. The summed E-state index contributed by atoms with van der Waals surface area (Å²) in [6.07, 6.45) is 1.47. The smallest absolute Gasteiger partial charge is 0.266 e. The van der Waals surface area contributed by atoms with Crippen LogP contribution >= 0.6 is 34.2 Å². The monoisotopic (exact) mass is 572 g/mol. The Morgan fingerprint density at radius 2 is 1.91 bits per heavy atom. The van der Waals surface area contributed by atoms with Crippen molar-refractivity contribution in [3.05, 3.63) is 91.0 Å². The maximum atomic E-state index is 12.7. The molecule has 3 rings (SSSR count). The van der Waals surface area contributed by atoms with Crippen LogP contribution in [0.2, 0.25) is 5.02 Å². The van der Waals surface area contributed by atoms with E-state index in [1.165, 1.54) is 13.2 Å². The van der Waals surface area contributed by atoms with E-state index in [0.29, 0.717) is 34.4 Å². The molecular formula is C26H22ClIN2O3. The number of nitrogens with one attached hydrogen (secondary N) is 1. The van der Waals surface area contributed by atoms with Gasteiger partial charge in [-0.05, 0) is 95.1 Å². The minimum Gasteiger partial charge on any atom is -0.493 e. The minimum atomic E-state index is -0.500. The zero-order valence-electron chi connectivity index (χ0n) is 18.4. The summed E-state index contributed by atoms with van der Waals surface area (Å²) < 4.78 is 12.5. The number of methoxy groups -OCH3 is 1. The molecule has 0 unspecified atom stereocenters. The first-order chi connectivity index (χ1) is 15.8. The van der Waals surface area contributed by atoms with Crippen molar-refractivity contribution in [2.75, 3.05) is 12.4 Å². The summed E-state index contributed by atoms with van der Waals surface area (Å²) in [5, 5.41) is 12.7. The molecule has 7 heteroatoms. The lowest BCUT2D eigenvalue weighted by Gasteiger charge is -2.14. The number of anilines is 1. The van der Waals surface area contributed by atoms with E-state index < -0.39 is 5.91 Å². The molecule has 0 aliphatic heterocycles. The van der Waals surface area contributed by atoms with Gasteiger partial charge in [0, 0.05) is 9.26 Å². The molecule has 0 aliphatic carbocycles. The third-order valence-electron chi connectivity index (χ3n) is 5.08. The van der Waals surface area contributed by atoms with Crippen molar-refractivity contribution in [2.45, 2.75) is 20.5 Å². The fourth-order valence-electron chi connectivity index (χ4n) is 3.09. The molecular weight excluding hydrogens is 551 g/mol. The van der Waals surface area contributed by atoms with E-state index in [2.05, 4.69) is 27.9 Å². The zero-order chi connectivity index (χ0) is 24.0. The van der Waals surface area contributed by atoms with Crippen LogP contribution in [0.4, 0.5) is 5.69 Å². The van der Waals surface area contributed by atoms with Gasteiger partial charge in [-0.2, -0.15) is 5.26 Å². The summed E-state index contributed by atoms with van der Waals surface area (Å²) >= 11 is 8.70. The Bertz CT molecular complexity index is 1250. The second-order valence-corrected chi connectivity index (χ2v) is 8.97. The second-order valence-electron chi connectivity index (χ2n) is 7.32. The summed E-state index contributed by atoms with van der Waals surface area (Å²) in [6.45, 7) is 4.20. The van der Waals surface area contributed by atoms with Crippen LogP contribution in [0.25, 0.3) is 6.08 Å². The average Bonchev–Trinajstić information content (AvgIpc) is 2.80. The molecule has 168 valence electrons. The van der Waals surface area contributed by atoms with Gasteiger partial charge in [-0.15, -0.1) is 0 Å². The van der Waals surface area contributed by atoms with Crippen molar-refractivity contribution in [2.24, 2.45) is 0 Å². The maximum Gasteiger partial charge on any atom is 0.266 e. The molecule has 0 saturated carbocycles. The summed E-state index contributed by atoms with van der Waals surface area (Å²) in [6, 6.07) is 18.8. The molecule has 0 spiro atoms. The van der Waals surface area contributed by atoms with Gasteiger partial charge < -0.3 is 14.8 Å². The van der Waals surface area contributed by atoms with E-state index in [4.69, 9.17) is 21.1 Å². The van der Waals surface area contributed by atoms with Gasteiger partial charge in [0.05, 0.1) is 12.1 Å². The van der Waals surface area contributed by atoms with Gasteiger partial charge in [0.15, 0.2) is 11.5 Å². The molecule has 1 amide bonds. The van der Waals surface area contributed by atoms with Crippen LogP contribution in [0.15, 0.2) is 60.2 Å². The van der Waals surface area contributed by atoms with Crippen molar-refractivity contribution in [3.8, 4) is 17.6 Å². The molecule has 0 atom stereocenters. The van der Waals surface area contributed by atoms with E-state index in [-0.39, 0.29) is 5.57 Å². The highest BCUT2D eigenvalue weighted by molar-refractivity contribution is 14.1. The van der Waals surface area contributed by atoms with Gasteiger partial charge in [0.25, 0.3) is 5.91 Å². The quantitative estimate of drug-likeness (QED) is 0.194. The number of hydrogen-bond donors (Lipinski definition) is 1. The van der Waals surface area contributed by atoms with Gasteiger partial charge in [-0.25, -0.2) is 0 Å². The van der Waals surface area contributed by atoms with E-state index in [0.717, 1.165) is 20.3 Å². The Labute approximate surface area is 212 Å². The lowest BCUT2D eigenvalue weighted by Crippen LogP contribution is -2.14. The van der Waals surface area contributed by atoms with Crippen LogP contribution in [0.5, 0.6) is 11.5 Å².